The minimum Gasteiger partial charge on any atom is -0.342 e. The quantitative estimate of drug-likeness (QED) is 0.622. The van der Waals surface area contributed by atoms with Crippen LogP contribution >= 0.6 is 0 Å². The minimum atomic E-state index is -0.413. The van der Waals surface area contributed by atoms with Gasteiger partial charge in [-0.3, -0.25) is 4.79 Å². The highest BCUT2D eigenvalue weighted by atomic mass is 16.7. The van der Waals surface area contributed by atoms with Crippen LogP contribution in [0.15, 0.2) is 18.6 Å². The summed E-state index contributed by atoms with van der Waals surface area (Å²) in [6.45, 7) is 1.30. The Hall–Kier alpha value is -1.65. The Morgan fingerprint density at radius 2 is 2.55 bits per heavy atom. The molecule has 0 aliphatic heterocycles. The first-order valence-corrected chi connectivity index (χ1v) is 2.98. The number of aromatic nitrogens is 2. The molecule has 58 valence electrons. The van der Waals surface area contributed by atoms with Crippen LogP contribution in [0.5, 0.6) is 0 Å². The predicted molar refractivity (Wildman–Crippen MR) is 37.4 cm³/mol. The lowest BCUT2D eigenvalue weighted by Crippen LogP contribution is -2.07. The number of carbonyl (C=O) groups is 1. The number of anilines is 1. The second-order valence-electron chi connectivity index (χ2n) is 1.79. The molecule has 1 heterocycles. The molecule has 0 aromatic carbocycles. The Kier molecular flexibility index (Phi) is 2.37. The monoisotopic (exact) mass is 153 g/mol. The Bertz CT molecular complexity index is 237. The summed E-state index contributed by atoms with van der Waals surface area (Å²) in [6, 6.07) is 1.59. The van der Waals surface area contributed by atoms with Crippen molar-refractivity contribution in [3.8, 4) is 0 Å². The van der Waals surface area contributed by atoms with E-state index in [4.69, 9.17) is 0 Å². The van der Waals surface area contributed by atoms with Crippen molar-refractivity contribution in [2.45, 2.75) is 6.92 Å². The second-order valence-corrected chi connectivity index (χ2v) is 1.79. The van der Waals surface area contributed by atoms with Gasteiger partial charge in [0, 0.05) is 19.2 Å². The van der Waals surface area contributed by atoms with Crippen LogP contribution in [0, 0.1) is 0 Å². The summed E-state index contributed by atoms with van der Waals surface area (Å²) in [4.78, 5) is 22.2. The molecule has 11 heavy (non-hydrogen) atoms. The molecule has 0 saturated carbocycles. The zero-order chi connectivity index (χ0) is 8.10. The molecule has 5 heteroatoms. The molecule has 1 N–H and O–H groups in total. The number of nitrogens with zero attached hydrogens (tertiary/aromatic N) is 2. The number of rotatable bonds is 2. The minimum absolute atomic E-state index is 0.413. The summed E-state index contributed by atoms with van der Waals surface area (Å²) in [5.41, 5.74) is 2.34. The Morgan fingerprint density at radius 3 is 3.09 bits per heavy atom. The molecule has 0 amide bonds. The summed E-state index contributed by atoms with van der Waals surface area (Å²) >= 11 is 0. The topological polar surface area (TPSA) is 64.1 Å². The molecule has 0 aliphatic rings. The van der Waals surface area contributed by atoms with Gasteiger partial charge in [-0.15, -0.1) is 0 Å². The second kappa shape index (κ2) is 3.50. The van der Waals surface area contributed by atoms with Gasteiger partial charge in [0.15, 0.2) is 5.82 Å². The van der Waals surface area contributed by atoms with Gasteiger partial charge in [-0.1, -0.05) is 0 Å². The lowest BCUT2D eigenvalue weighted by atomic mass is 10.6. The van der Waals surface area contributed by atoms with Crippen molar-refractivity contribution in [1.29, 1.82) is 0 Å². The molecule has 0 aliphatic carbocycles. The summed E-state index contributed by atoms with van der Waals surface area (Å²) in [5, 5.41) is 0. The Labute approximate surface area is 63.4 Å². The van der Waals surface area contributed by atoms with E-state index in [0.717, 1.165) is 0 Å². The summed E-state index contributed by atoms with van der Waals surface area (Å²) in [6.07, 6.45) is 2.89. The molecule has 0 radical (unpaired) electrons. The van der Waals surface area contributed by atoms with Crippen molar-refractivity contribution in [3.05, 3.63) is 18.6 Å². The standard InChI is InChI=1S/C6H7N3O2/c1-5(10)11-9-6-2-3-7-4-8-6/h2-4H,1H3,(H,7,8,9). The number of hydrogen-bond donors (Lipinski definition) is 1. The molecule has 1 aromatic rings. The molecule has 0 saturated heterocycles. The van der Waals surface area contributed by atoms with E-state index in [1.807, 2.05) is 0 Å². The smallest absolute Gasteiger partial charge is 0.329 e. The van der Waals surface area contributed by atoms with E-state index in [-0.39, 0.29) is 0 Å². The number of hydrogen-bond acceptors (Lipinski definition) is 5. The fourth-order valence-corrected chi connectivity index (χ4v) is 0.475. The van der Waals surface area contributed by atoms with E-state index >= 15 is 0 Å². The van der Waals surface area contributed by atoms with E-state index < -0.39 is 5.97 Å². The lowest BCUT2D eigenvalue weighted by molar-refractivity contribution is -0.138. The van der Waals surface area contributed by atoms with Gasteiger partial charge in [0.25, 0.3) is 0 Å². The van der Waals surface area contributed by atoms with Crippen molar-refractivity contribution in [3.63, 3.8) is 0 Å². The third-order valence-electron chi connectivity index (χ3n) is 0.881. The van der Waals surface area contributed by atoms with Gasteiger partial charge in [0.2, 0.25) is 0 Å². The SMILES string of the molecule is CC(=O)ONc1ccncn1. The summed E-state index contributed by atoms with van der Waals surface area (Å²) < 4.78 is 0. The summed E-state index contributed by atoms with van der Waals surface area (Å²) in [7, 11) is 0. The third kappa shape index (κ3) is 2.61. The normalized spacial score (nSPS) is 8.82. The van der Waals surface area contributed by atoms with E-state index in [9.17, 15) is 4.79 Å². The molecule has 0 atom stereocenters. The largest absolute Gasteiger partial charge is 0.342 e. The van der Waals surface area contributed by atoms with Gasteiger partial charge in [0.1, 0.15) is 6.33 Å². The average Bonchev–Trinajstić information content (AvgIpc) is 2.03. The average molecular weight is 153 g/mol. The van der Waals surface area contributed by atoms with Gasteiger partial charge in [-0.2, -0.15) is 0 Å². The van der Waals surface area contributed by atoms with Gasteiger partial charge >= 0.3 is 5.97 Å². The third-order valence-corrected chi connectivity index (χ3v) is 0.881. The van der Waals surface area contributed by atoms with E-state index in [0.29, 0.717) is 5.82 Å². The lowest BCUT2D eigenvalue weighted by Gasteiger charge is -2.00. The van der Waals surface area contributed by atoms with Crippen molar-refractivity contribution in [1.82, 2.24) is 9.97 Å². The fourth-order valence-electron chi connectivity index (χ4n) is 0.475. The van der Waals surface area contributed by atoms with Crippen LogP contribution < -0.4 is 5.48 Å². The first-order valence-electron chi connectivity index (χ1n) is 2.98. The summed E-state index contributed by atoms with van der Waals surface area (Å²) in [5.74, 6) is 0.0406. The zero-order valence-corrected chi connectivity index (χ0v) is 5.94. The van der Waals surface area contributed by atoms with Gasteiger partial charge in [-0.25, -0.2) is 15.4 Å². The van der Waals surface area contributed by atoms with Crippen LogP contribution in [0.1, 0.15) is 6.92 Å². The molecular formula is C6H7N3O2. The molecule has 0 spiro atoms. The van der Waals surface area contributed by atoms with Crippen molar-refractivity contribution in [2.24, 2.45) is 0 Å². The predicted octanol–water partition coefficient (Wildman–Crippen LogP) is 0.367. The van der Waals surface area contributed by atoms with Gasteiger partial charge in [0.05, 0.1) is 0 Å². The highest BCUT2D eigenvalue weighted by molar-refractivity contribution is 5.66. The molecule has 5 nitrogen and oxygen atoms in total. The highest BCUT2D eigenvalue weighted by Gasteiger charge is 1.93. The van der Waals surface area contributed by atoms with Crippen LogP contribution in [0.3, 0.4) is 0 Å². The Morgan fingerprint density at radius 1 is 1.73 bits per heavy atom. The zero-order valence-electron chi connectivity index (χ0n) is 5.94. The highest BCUT2D eigenvalue weighted by Crippen LogP contribution is 1.96. The molecule has 0 bridgehead atoms. The van der Waals surface area contributed by atoms with Crippen LogP contribution in [-0.2, 0) is 9.63 Å². The maximum Gasteiger partial charge on any atom is 0.329 e. The van der Waals surface area contributed by atoms with Crippen molar-refractivity contribution >= 4 is 11.8 Å². The van der Waals surface area contributed by atoms with E-state index in [1.54, 1.807) is 12.3 Å². The van der Waals surface area contributed by atoms with Crippen molar-refractivity contribution in [2.75, 3.05) is 5.48 Å². The maximum absolute atomic E-state index is 10.3. The molecule has 1 rings (SSSR count). The van der Waals surface area contributed by atoms with Crippen LogP contribution in [0.4, 0.5) is 5.82 Å². The first-order chi connectivity index (χ1) is 5.29. The Balaban J connectivity index is 2.45. The fraction of sp³-hybridized carbons (Fsp3) is 0.167. The molecular weight excluding hydrogens is 146 g/mol. The van der Waals surface area contributed by atoms with Gasteiger partial charge < -0.3 is 4.84 Å². The molecule has 0 unspecified atom stereocenters. The molecule has 1 aromatic heterocycles. The van der Waals surface area contributed by atoms with Crippen molar-refractivity contribution < 1.29 is 9.63 Å². The maximum atomic E-state index is 10.3. The van der Waals surface area contributed by atoms with Crippen LogP contribution in [-0.4, -0.2) is 15.9 Å². The van der Waals surface area contributed by atoms with E-state index in [1.165, 1.54) is 13.3 Å². The van der Waals surface area contributed by atoms with Crippen LogP contribution in [0.25, 0.3) is 0 Å². The van der Waals surface area contributed by atoms with Gasteiger partial charge in [-0.05, 0) is 0 Å². The van der Waals surface area contributed by atoms with E-state index in [2.05, 4.69) is 20.3 Å². The number of nitrogens with one attached hydrogen (secondary N) is 1. The molecule has 0 fully saturated rings. The van der Waals surface area contributed by atoms with Crippen LogP contribution in [0.2, 0.25) is 0 Å². The first kappa shape index (κ1) is 7.46. The number of carbonyl (C=O) groups excluding carboxylic acids is 1.